The lowest BCUT2D eigenvalue weighted by atomic mass is 10.2. The van der Waals surface area contributed by atoms with Gasteiger partial charge in [-0.1, -0.05) is 0 Å². The summed E-state index contributed by atoms with van der Waals surface area (Å²) in [5.41, 5.74) is 0. The summed E-state index contributed by atoms with van der Waals surface area (Å²) in [6, 6.07) is 0. The van der Waals surface area contributed by atoms with Gasteiger partial charge >= 0.3 is 0 Å². The van der Waals surface area contributed by atoms with Crippen molar-refractivity contribution in [1.82, 2.24) is 5.32 Å². The molecule has 1 aliphatic heterocycles. The SMILES string of the molecule is CC(O)CCCNCC1CCOCO1. The molecule has 0 radical (unpaired) electrons. The van der Waals surface area contributed by atoms with Crippen LogP contribution in [0.15, 0.2) is 0 Å². The van der Waals surface area contributed by atoms with Crippen molar-refractivity contribution in [3.8, 4) is 0 Å². The smallest absolute Gasteiger partial charge is 0.147 e. The van der Waals surface area contributed by atoms with E-state index < -0.39 is 0 Å². The zero-order valence-electron chi connectivity index (χ0n) is 8.87. The van der Waals surface area contributed by atoms with Crippen LogP contribution >= 0.6 is 0 Å². The molecule has 1 aliphatic rings. The van der Waals surface area contributed by atoms with Crippen molar-refractivity contribution in [3.63, 3.8) is 0 Å². The third-order valence-corrected chi connectivity index (χ3v) is 2.32. The van der Waals surface area contributed by atoms with Gasteiger partial charge < -0.3 is 19.9 Å². The Balaban J connectivity index is 1.87. The molecule has 0 bridgehead atoms. The molecule has 2 unspecified atom stereocenters. The Kier molecular flexibility index (Phi) is 6.10. The Morgan fingerprint density at radius 3 is 3.07 bits per heavy atom. The zero-order valence-corrected chi connectivity index (χ0v) is 8.87. The number of nitrogens with one attached hydrogen (secondary N) is 1. The average molecular weight is 203 g/mol. The normalized spacial score (nSPS) is 24.9. The highest BCUT2D eigenvalue weighted by molar-refractivity contribution is 4.63. The molecule has 0 amide bonds. The number of ether oxygens (including phenoxy) is 2. The Morgan fingerprint density at radius 2 is 2.43 bits per heavy atom. The van der Waals surface area contributed by atoms with Gasteiger partial charge in [0, 0.05) is 6.54 Å². The molecular formula is C10H21NO3. The van der Waals surface area contributed by atoms with Gasteiger partial charge in [0.05, 0.1) is 18.8 Å². The second kappa shape index (κ2) is 7.17. The first-order valence-corrected chi connectivity index (χ1v) is 5.37. The lowest BCUT2D eigenvalue weighted by Gasteiger charge is -2.23. The van der Waals surface area contributed by atoms with E-state index in [0.29, 0.717) is 12.9 Å². The van der Waals surface area contributed by atoms with Crippen molar-refractivity contribution in [2.24, 2.45) is 0 Å². The third kappa shape index (κ3) is 5.54. The number of aliphatic hydroxyl groups is 1. The van der Waals surface area contributed by atoms with Crippen molar-refractivity contribution >= 4 is 0 Å². The molecule has 4 heteroatoms. The van der Waals surface area contributed by atoms with Gasteiger partial charge in [-0.25, -0.2) is 0 Å². The minimum atomic E-state index is -0.184. The first kappa shape index (κ1) is 11.9. The highest BCUT2D eigenvalue weighted by atomic mass is 16.7. The summed E-state index contributed by atoms with van der Waals surface area (Å²) >= 11 is 0. The molecule has 0 saturated carbocycles. The molecule has 2 atom stereocenters. The van der Waals surface area contributed by atoms with E-state index in [0.717, 1.165) is 39.0 Å². The van der Waals surface area contributed by atoms with E-state index >= 15 is 0 Å². The molecule has 84 valence electrons. The van der Waals surface area contributed by atoms with Gasteiger partial charge in [0.1, 0.15) is 6.79 Å². The summed E-state index contributed by atoms with van der Waals surface area (Å²) in [7, 11) is 0. The second-order valence-electron chi connectivity index (χ2n) is 3.80. The molecule has 1 heterocycles. The molecule has 2 N–H and O–H groups in total. The quantitative estimate of drug-likeness (QED) is 0.617. The summed E-state index contributed by atoms with van der Waals surface area (Å²) in [6.45, 7) is 4.90. The number of hydrogen-bond acceptors (Lipinski definition) is 4. The Labute approximate surface area is 85.6 Å². The van der Waals surface area contributed by atoms with Crippen molar-refractivity contribution in [2.75, 3.05) is 26.5 Å². The first-order chi connectivity index (χ1) is 6.79. The van der Waals surface area contributed by atoms with Gasteiger partial charge in [0.25, 0.3) is 0 Å². The van der Waals surface area contributed by atoms with Gasteiger partial charge in [-0.3, -0.25) is 0 Å². The van der Waals surface area contributed by atoms with Crippen LogP contribution in [0.5, 0.6) is 0 Å². The fraction of sp³-hybridized carbons (Fsp3) is 1.00. The fourth-order valence-electron chi connectivity index (χ4n) is 1.45. The van der Waals surface area contributed by atoms with Crippen LogP contribution < -0.4 is 5.32 Å². The molecule has 1 saturated heterocycles. The second-order valence-corrected chi connectivity index (χ2v) is 3.80. The summed E-state index contributed by atoms with van der Waals surface area (Å²) in [6.07, 6.45) is 2.97. The monoisotopic (exact) mass is 203 g/mol. The number of hydrogen-bond donors (Lipinski definition) is 2. The standard InChI is InChI=1S/C10H21NO3/c1-9(12)3-2-5-11-7-10-4-6-13-8-14-10/h9-12H,2-8H2,1H3. The van der Waals surface area contributed by atoms with Crippen LogP contribution in [0.2, 0.25) is 0 Å². The molecule has 0 spiro atoms. The maximum Gasteiger partial charge on any atom is 0.147 e. The molecular weight excluding hydrogens is 182 g/mol. The fourth-order valence-corrected chi connectivity index (χ4v) is 1.45. The maximum absolute atomic E-state index is 9.03. The van der Waals surface area contributed by atoms with Crippen LogP contribution in [0.3, 0.4) is 0 Å². The van der Waals surface area contributed by atoms with Crippen molar-refractivity contribution in [1.29, 1.82) is 0 Å². The largest absolute Gasteiger partial charge is 0.393 e. The van der Waals surface area contributed by atoms with Gasteiger partial charge in [-0.15, -0.1) is 0 Å². The molecule has 4 nitrogen and oxygen atoms in total. The Bertz CT molecular complexity index is 135. The summed E-state index contributed by atoms with van der Waals surface area (Å²) in [5, 5.41) is 12.4. The lowest BCUT2D eigenvalue weighted by Crippen LogP contribution is -2.34. The van der Waals surface area contributed by atoms with E-state index in [1.807, 2.05) is 6.92 Å². The zero-order chi connectivity index (χ0) is 10.2. The van der Waals surface area contributed by atoms with Crippen molar-refractivity contribution in [3.05, 3.63) is 0 Å². The van der Waals surface area contributed by atoms with Crippen LogP contribution in [0.4, 0.5) is 0 Å². The minimum absolute atomic E-state index is 0.184. The molecule has 14 heavy (non-hydrogen) atoms. The summed E-state index contributed by atoms with van der Waals surface area (Å²) in [4.78, 5) is 0. The number of aliphatic hydroxyl groups excluding tert-OH is 1. The number of rotatable bonds is 6. The van der Waals surface area contributed by atoms with Crippen LogP contribution in [0, 0.1) is 0 Å². The molecule has 0 aliphatic carbocycles. The molecule has 1 fully saturated rings. The first-order valence-electron chi connectivity index (χ1n) is 5.37. The highest BCUT2D eigenvalue weighted by Crippen LogP contribution is 2.04. The molecule has 1 rings (SSSR count). The van der Waals surface area contributed by atoms with E-state index in [9.17, 15) is 0 Å². The minimum Gasteiger partial charge on any atom is -0.393 e. The van der Waals surface area contributed by atoms with E-state index in [2.05, 4.69) is 5.32 Å². The predicted molar refractivity (Wildman–Crippen MR) is 54.1 cm³/mol. The van der Waals surface area contributed by atoms with Crippen molar-refractivity contribution < 1.29 is 14.6 Å². The summed E-state index contributed by atoms with van der Waals surface area (Å²) < 4.78 is 10.4. The van der Waals surface area contributed by atoms with Crippen LogP contribution in [0.25, 0.3) is 0 Å². The molecule has 0 aromatic rings. The Morgan fingerprint density at radius 1 is 1.57 bits per heavy atom. The lowest BCUT2D eigenvalue weighted by molar-refractivity contribution is -0.137. The van der Waals surface area contributed by atoms with E-state index in [1.54, 1.807) is 0 Å². The topological polar surface area (TPSA) is 50.7 Å². The average Bonchev–Trinajstić information content (AvgIpc) is 2.18. The van der Waals surface area contributed by atoms with Gasteiger partial charge in [-0.2, -0.15) is 0 Å². The maximum atomic E-state index is 9.03. The predicted octanol–water partition coefficient (Wildman–Crippen LogP) is 0.500. The van der Waals surface area contributed by atoms with E-state index in [1.165, 1.54) is 0 Å². The van der Waals surface area contributed by atoms with E-state index in [-0.39, 0.29) is 6.10 Å². The molecule has 0 aromatic carbocycles. The van der Waals surface area contributed by atoms with Crippen LogP contribution in [-0.4, -0.2) is 43.8 Å². The summed E-state index contributed by atoms with van der Waals surface area (Å²) in [5.74, 6) is 0. The van der Waals surface area contributed by atoms with Crippen molar-refractivity contribution in [2.45, 2.75) is 38.4 Å². The highest BCUT2D eigenvalue weighted by Gasteiger charge is 2.12. The van der Waals surface area contributed by atoms with E-state index in [4.69, 9.17) is 14.6 Å². The van der Waals surface area contributed by atoms with Gasteiger partial charge in [0.15, 0.2) is 0 Å². The van der Waals surface area contributed by atoms with Crippen LogP contribution in [0.1, 0.15) is 26.2 Å². The Hall–Kier alpha value is -0.160. The third-order valence-electron chi connectivity index (χ3n) is 2.32. The molecule has 0 aromatic heterocycles. The van der Waals surface area contributed by atoms with Gasteiger partial charge in [-0.05, 0) is 32.7 Å². The van der Waals surface area contributed by atoms with Gasteiger partial charge in [0.2, 0.25) is 0 Å². The van der Waals surface area contributed by atoms with Crippen LogP contribution in [-0.2, 0) is 9.47 Å².